The second-order valence-corrected chi connectivity index (χ2v) is 5.47. The van der Waals surface area contributed by atoms with Gasteiger partial charge in [-0.15, -0.1) is 0 Å². The van der Waals surface area contributed by atoms with E-state index in [0.29, 0.717) is 5.78 Å². The number of benzene rings is 1. The minimum atomic E-state index is 0.260. The molecule has 0 aliphatic heterocycles. The SMILES string of the molecule is Cc1cccc2c(C(=O)C3CCCC3)cn(C)c12. The summed E-state index contributed by atoms with van der Waals surface area (Å²) < 4.78 is 2.09. The highest BCUT2D eigenvalue weighted by molar-refractivity contribution is 6.09. The molecule has 3 rings (SSSR count). The van der Waals surface area contributed by atoms with Gasteiger partial charge in [0.1, 0.15) is 0 Å². The van der Waals surface area contributed by atoms with Gasteiger partial charge in [0.2, 0.25) is 0 Å². The Kier molecular flexibility index (Phi) is 2.73. The summed E-state index contributed by atoms with van der Waals surface area (Å²) >= 11 is 0. The minimum absolute atomic E-state index is 0.260. The summed E-state index contributed by atoms with van der Waals surface area (Å²) in [6, 6.07) is 6.22. The predicted molar refractivity (Wildman–Crippen MR) is 73.9 cm³/mol. The zero-order valence-electron chi connectivity index (χ0n) is 11.1. The predicted octanol–water partition coefficient (Wildman–Crippen LogP) is 3.86. The smallest absolute Gasteiger partial charge is 0.168 e. The number of hydrogen-bond donors (Lipinski definition) is 0. The van der Waals surface area contributed by atoms with Crippen molar-refractivity contribution in [2.75, 3.05) is 0 Å². The highest BCUT2D eigenvalue weighted by Crippen LogP contribution is 2.32. The molecule has 0 N–H and O–H groups in total. The van der Waals surface area contributed by atoms with Crippen molar-refractivity contribution in [3.63, 3.8) is 0 Å². The number of carbonyl (C=O) groups excluding carboxylic acids is 1. The van der Waals surface area contributed by atoms with Crippen LogP contribution in [0.4, 0.5) is 0 Å². The van der Waals surface area contributed by atoms with Crippen molar-refractivity contribution in [2.45, 2.75) is 32.6 Å². The van der Waals surface area contributed by atoms with E-state index in [0.717, 1.165) is 23.8 Å². The lowest BCUT2D eigenvalue weighted by Gasteiger charge is -2.06. The third-order valence-corrected chi connectivity index (χ3v) is 4.19. The Morgan fingerprint density at radius 3 is 2.72 bits per heavy atom. The van der Waals surface area contributed by atoms with Crippen molar-refractivity contribution in [1.82, 2.24) is 4.57 Å². The Balaban J connectivity index is 2.12. The van der Waals surface area contributed by atoms with Gasteiger partial charge in [0.05, 0.1) is 5.52 Å². The number of para-hydroxylation sites is 1. The molecule has 2 heteroatoms. The van der Waals surface area contributed by atoms with Crippen LogP contribution >= 0.6 is 0 Å². The molecule has 94 valence electrons. The van der Waals surface area contributed by atoms with E-state index in [-0.39, 0.29) is 5.92 Å². The summed E-state index contributed by atoms with van der Waals surface area (Å²) in [5.74, 6) is 0.611. The molecule has 1 aliphatic carbocycles. The van der Waals surface area contributed by atoms with Crippen LogP contribution in [-0.4, -0.2) is 10.4 Å². The van der Waals surface area contributed by atoms with Crippen LogP contribution in [0.3, 0.4) is 0 Å². The molecule has 1 aromatic heterocycles. The van der Waals surface area contributed by atoms with Gasteiger partial charge in [-0.3, -0.25) is 4.79 Å². The number of ketones is 1. The largest absolute Gasteiger partial charge is 0.350 e. The zero-order chi connectivity index (χ0) is 12.7. The molecule has 18 heavy (non-hydrogen) atoms. The average molecular weight is 241 g/mol. The van der Waals surface area contributed by atoms with Crippen LogP contribution in [0.15, 0.2) is 24.4 Å². The summed E-state index contributed by atoms with van der Waals surface area (Å²) in [5.41, 5.74) is 3.35. The number of rotatable bonds is 2. The van der Waals surface area contributed by atoms with Gasteiger partial charge in [0, 0.05) is 30.1 Å². The van der Waals surface area contributed by atoms with Crippen LogP contribution in [0.2, 0.25) is 0 Å². The van der Waals surface area contributed by atoms with E-state index in [1.54, 1.807) is 0 Å². The van der Waals surface area contributed by atoms with Crippen LogP contribution in [0.25, 0.3) is 10.9 Å². The van der Waals surface area contributed by atoms with Gasteiger partial charge in [-0.05, 0) is 25.3 Å². The molecular formula is C16H19NO. The van der Waals surface area contributed by atoms with Crippen LogP contribution in [0, 0.1) is 12.8 Å². The molecular weight excluding hydrogens is 222 g/mol. The van der Waals surface area contributed by atoms with E-state index < -0.39 is 0 Å². The fourth-order valence-electron chi connectivity index (χ4n) is 3.28. The van der Waals surface area contributed by atoms with Crippen molar-refractivity contribution in [1.29, 1.82) is 0 Å². The second-order valence-electron chi connectivity index (χ2n) is 5.47. The van der Waals surface area contributed by atoms with Crippen LogP contribution in [-0.2, 0) is 7.05 Å². The second kappa shape index (κ2) is 4.27. The first-order chi connectivity index (χ1) is 8.68. The Morgan fingerprint density at radius 2 is 2.00 bits per heavy atom. The summed E-state index contributed by atoms with van der Waals surface area (Å²) in [4.78, 5) is 12.6. The molecule has 2 nitrogen and oxygen atoms in total. The van der Waals surface area contributed by atoms with Crippen LogP contribution in [0.5, 0.6) is 0 Å². The molecule has 1 aromatic carbocycles. The summed E-state index contributed by atoms with van der Waals surface area (Å²) in [6.45, 7) is 2.10. The third-order valence-electron chi connectivity index (χ3n) is 4.19. The molecule has 1 heterocycles. The fraction of sp³-hybridized carbons (Fsp3) is 0.438. The highest BCUT2D eigenvalue weighted by Gasteiger charge is 2.26. The Hall–Kier alpha value is -1.57. The molecule has 0 radical (unpaired) electrons. The molecule has 2 aromatic rings. The lowest BCUT2D eigenvalue weighted by molar-refractivity contribution is 0.0924. The maximum Gasteiger partial charge on any atom is 0.168 e. The molecule has 0 amide bonds. The van der Waals surface area contributed by atoms with Gasteiger partial charge < -0.3 is 4.57 Å². The van der Waals surface area contributed by atoms with Gasteiger partial charge in [-0.25, -0.2) is 0 Å². The highest BCUT2D eigenvalue weighted by atomic mass is 16.1. The van der Waals surface area contributed by atoms with E-state index in [1.807, 2.05) is 19.3 Å². The average Bonchev–Trinajstić information content (AvgIpc) is 2.97. The number of Topliss-reactive ketones (excluding diaryl/α,β-unsaturated/α-hetero) is 1. The molecule has 0 spiro atoms. The first-order valence-electron chi connectivity index (χ1n) is 6.77. The number of carbonyl (C=O) groups is 1. The maximum absolute atomic E-state index is 12.6. The molecule has 0 saturated heterocycles. The monoisotopic (exact) mass is 241 g/mol. The Labute approximate surface area is 108 Å². The number of aromatic nitrogens is 1. The van der Waals surface area contributed by atoms with E-state index in [1.165, 1.54) is 23.9 Å². The first kappa shape index (κ1) is 11.5. The fourth-order valence-corrected chi connectivity index (χ4v) is 3.28. The van der Waals surface area contributed by atoms with Gasteiger partial charge in [-0.1, -0.05) is 31.0 Å². The molecule has 0 unspecified atom stereocenters. The van der Waals surface area contributed by atoms with Gasteiger partial charge in [0.25, 0.3) is 0 Å². The normalized spacial score (nSPS) is 16.6. The van der Waals surface area contributed by atoms with Crippen molar-refractivity contribution in [2.24, 2.45) is 13.0 Å². The lowest BCUT2D eigenvalue weighted by Crippen LogP contribution is -2.10. The number of nitrogens with zero attached hydrogens (tertiary/aromatic N) is 1. The standard InChI is InChI=1S/C16H19NO/c1-11-6-5-9-13-14(10-17(2)15(11)13)16(18)12-7-3-4-8-12/h5-6,9-10,12H,3-4,7-8H2,1-2H3. The molecule has 0 bridgehead atoms. The quantitative estimate of drug-likeness (QED) is 0.732. The first-order valence-corrected chi connectivity index (χ1v) is 6.77. The molecule has 1 aliphatic rings. The summed E-state index contributed by atoms with van der Waals surface area (Å²) in [7, 11) is 2.03. The van der Waals surface area contributed by atoms with Crippen molar-refractivity contribution in [3.8, 4) is 0 Å². The van der Waals surface area contributed by atoms with Crippen molar-refractivity contribution < 1.29 is 4.79 Å². The maximum atomic E-state index is 12.6. The third kappa shape index (κ3) is 1.67. The molecule has 1 fully saturated rings. The topological polar surface area (TPSA) is 22.0 Å². The van der Waals surface area contributed by atoms with E-state index in [9.17, 15) is 4.79 Å². The van der Waals surface area contributed by atoms with E-state index >= 15 is 0 Å². The van der Waals surface area contributed by atoms with Gasteiger partial charge in [0.15, 0.2) is 5.78 Å². The van der Waals surface area contributed by atoms with E-state index in [4.69, 9.17) is 0 Å². The van der Waals surface area contributed by atoms with Gasteiger partial charge in [-0.2, -0.15) is 0 Å². The number of fused-ring (bicyclic) bond motifs is 1. The zero-order valence-corrected chi connectivity index (χ0v) is 11.1. The van der Waals surface area contributed by atoms with Crippen LogP contribution < -0.4 is 0 Å². The number of aryl methyl sites for hydroxylation is 2. The summed E-state index contributed by atoms with van der Waals surface area (Å²) in [5, 5.41) is 1.12. The van der Waals surface area contributed by atoms with E-state index in [2.05, 4.69) is 23.6 Å². The lowest BCUT2D eigenvalue weighted by atomic mass is 9.95. The van der Waals surface area contributed by atoms with Crippen molar-refractivity contribution in [3.05, 3.63) is 35.5 Å². The van der Waals surface area contributed by atoms with Crippen LogP contribution in [0.1, 0.15) is 41.6 Å². The minimum Gasteiger partial charge on any atom is -0.350 e. The van der Waals surface area contributed by atoms with Crippen molar-refractivity contribution >= 4 is 16.7 Å². The Bertz CT molecular complexity index is 603. The number of hydrogen-bond acceptors (Lipinski definition) is 1. The molecule has 0 atom stereocenters. The van der Waals surface area contributed by atoms with Gasteiger partial charge >= 0.3 is 0 Å². The summed E-state index contributed by atoms with van der Waals surface area (Å²) in [6.07, 6.45) is 6.57. The Morgan fingerprint density at radius 1 is 1.28 bits per heavy atom. The molecule has 1 saturated carbocycles.